The van der Waals surface area contributed by atoms with Gasteiger partial charge in [0.05, 0.1) is 27.6 Å². The first-order valence-electron chi connectivity index (χ1n) is 9.09. The Morgan fingerprint density at radius 3 is 2.54 bits per heavy atom. The van der Waals surface area contributed by atoms with Gasteiger partial charge in [0.25, 0.3) is 11.8 Å². The van der Waals surface area contributed by atoms with Crippen LogP contribution < -0.4 is 5.32 Å². The van der Waals surface area contributed by atoms with E-state index < -0.39 is 11.9 Å². The molecule has 0 aliphatic carbocycles. The number of carbonyl (C=O) groups excluding carboxylic acids is 3. The number of likely N-dealkylation sites (tertiary alicyclic amines) is 1. The molecule has 0 atom stereocenters. The van der Waals surface area contributed by atoms with Crippen molar-refractivity contribution in [2.75, 3.05) is 25.0 Å². The van der Waals surface area contributed by atoms with Crippen molar-refractivity contribution in [3.05, 3.63) is 50.9 Å². The molecule has 3 rings (SSSR count). The minimum Gasteiger partial charge on any atom is -0.462 e. The fraction of sp³-hybridized carbons (Fsp3) is 0.350. The van der Waals surface area contributed by atoms with Gasteiger partial charge in [-0.2, -0.15) is 0 Å². The van der Waals surface area contributed by atoms with Gasteiger partial charge in [-0.25, -0.2) is 4.79 Å². The summed E-state index contributed by atoms with van der Waals surface area (Å²) < 4.78 is 5.14. The molecule has 0 unspecified atom stereocenters. The lowest BCUT2D eigenvalue weighted by Crippen LogP contribution is -2.27. The zero-order valence-electron chi connectivity index (χ0n) is 15.7. The van der Waals surface area contributed by atoms with Crippen molar-refractivity contribution in [3.63, 3.8) is 0 Å². The average Bonchev–Trinajstić information content (AvgIpc) is 3.30. The molecule has 1 aromatic carbocycles. The molecule has 1 aliphatic heterocycles. The molecule has 0 radical (unpaired) electrons. The fourth-order valence-electron chi connectivity index (χ4n) is 3.13. The molecule has 1 fully saturated rings. The van der Waals surface area contributed by atoms with Crippen LogP contribution in [0.15, 0.2) is 24.3 Å². The van der Waals surface area contributed by atoms with Crippen LogP contribution in [0.4, 0.5) is 5.00 Å². The molecule has 1 aliphatic rings. The average molecular weight is 421 g/mol. The van der Waals surface area contributed by atoms with Crippen LogP contribution in [0.3, 0.4) is 0 Å². The van der Waals surface area contributed by atoms with Gasteiger partial charge in [-0.3, -0.25) is 9.59 Å². The highest BCUT2D eigenvalue weighted by atomic mass is 35.5. The van der Waals surface area contributed by atoms with Gasteiger partial charge in [-0.15, -0.1) is 11.3 Å². The van der Waals surface area contributed by atoms with Gasteiger partial charge in [-0.1, -0.05) is 23.7 Å². The number of nitrogens with zero attached hydrogens (tertiary/aromatic N) is 1. The Morgan fingerprint density at radius 1 is 1.21 bits per heavy atom. The van der Waals surface area contributed by atoms with Crippen molar-refractivity contribution in [3.8, 4) is 0 Å². The van der Waals surface area contributed by atoms with Crippen molar-refractivity contribution in [2.45, 2.75) is 26.7 Å². The second kappa shape index (κ2) is 8.75. The summed E-state index contributed by atoms with van der Waals surface area (Å²) in [6, 6.07) is 6.64. The van der Waals surface area contributed by atoms with E-state index in [0.717, 1.165) is 24.2 Å². The van der Waals surface area contributed by atoms with Crippen molar-refractivity contribution >= 4 is 45.7 Å². The lowest BCUT2D eigenvalue weighted by atomic mass is 10.1. The quantitative estimate of drug-likeness (QED) is 0.728. The SMILES string of the molecule is CCOC(=O)c1c(NC(=O)c2ccccc2Cl)sc(C(=O)N2CCCC2)c1C. The molecule has 6 nitrogen and oxygen atoms in total. The maximum Gasteiger partial charge on any atom is 0.341 e. The normalized spacial score (nSPS) is 13.5. The van der Waals surface area contributed by atoms with E-state index in [1.807, 2.05) is 0 Å². The number of anilines is 1. The third-order valence-electron chi connectivity index (χ3n) is 4.56. The van der Waals surface area contributed by atoms with Crippen molar-refractivity contribution < 1.29 is 19.1 Å². The number of esters is 1. The topological polar surface area (TPSA) is 75.7 Å². The number of carbonyl (C=O) groups is 3. The number of amides is 2. The van der Waals surface area contributed by atoms with E-state index in [9.17, 15) is 14.4 Å². The van der Waals surface area contributed by atoms with Gasteiger partial charge in [-0.05, 0) is 44.4 Å². The molecule has 2 heterocycles. The van der Waals surface area contributed by atoms with Crippen LogP contribution >= 0.6 is 22.9 Å². The molecule has 1 aromatic heterocycles. The van der Waals surface area contributed by atoms with Gasteiger partial charge < -0.3 is 15.0 Å². The first-order chi connectivity index (χ1) is 13.4. The molecule has 28 heavy (non-hydrogen) atoms. The van der Waals surface area contributed by atoms with Crippen molar-refractivity contribution in [2.24, 2.45) is 0 Å². The van der Waals surface area contributed by atoms with Crippen LogP contribution in [0.1, 0.15) is 55.7 Å². The van der Waals surface area contributed by atoms with E-state index in [2.05, 4.69) is 5.32 Å². The number of hydrogen-bond donors (Lipinski definition) is 1. The highest BCUT2D eigenvalue weighted by Crippen LogP contribution is 2.35. The van der Waals surface area contributed by atoms with Crippen molar-refractivity contribution in [1.29, 1.82) is 0 Å². The lowest BCUT2D eigenvalue weighted by Gasteiger charge is -2.14. The molecule has 1 N–H and O–H groups in total. The summed E-state index contributed by atoms with van der Waals surface area (Å²) in [5.41, 5.74) is 1.03. The standard InChI is InChI=1S/C20H21ClN2O4S/c1-3-27-20(26)15-12(2)16(19(25)23-10-6-7-11-23)28-18(15)22-17(24)13-8-4-5-9-14(13)21/h4-5,8-9H,3,6-7,10-11H2,1-2H3,(H,22,24). The number of ether oxygens (including phenoxy) is 1. The zero-order valence-corrected chi connectivity index (χ0v) is 17.3. The molecule has 8 heteroatoms. The summed E-state index contributed by atoms with van der Waals surface area (Å²) in [5.74, 6) is -1.13. The molecule has 148 valence electrons. The van der Waals surface area contributed by atoms with E-state index >= 15 is 0 Å². The van der Waals surface area contributed by atoms with Crippen LogP contribution in [0.2, 0.25) is 5.02 Å². The fourth-order valence-corrected chi connectivity index (χ4v) is 4.51. The van der Waals surface area contributed by atoms with E-state index in [0.29, 0.717) is 33.6 Å². The Kier molecular flexibility index (Phi) is 6.36. The van der Waals surface area contributed by atoms with Gasteiger partial charge >= 0.3 is 5.97 Å². The maximum atomic E-state index is 12.9. The zero-order chi connectivity index (χ0) is 20.3. The highest BCUT2D eigenvalue weighted by molar-refractivity contribution is 7.18. The molecular weight excluding hydrogens is 400 g/mol. The second-order valence-electron chi connectivity index (χ2n) is 6.41. The number of nitrogens with one attached hydrogen (secondary N) is 1. The van der Waals surface area contributed by atoms with Gasteiger partial charge in [0.2, 0.25) is 0 Å². The van der Waals surface area contributed by atoms with E-state index in [1.54, 1.807) is 43.0 Å². The summed E-state index contributed by atoms with van der Waals surface area (Å²) in [4.78, 5) is 40.3. The van der Waals surface area contributed by atoms with Crippen LogP contribution in [-0.2, 0) is 4.74 Å². The van der Waals surface area contributed by atoms with Crippen molar-refractivity contribution in [1.82, 2.24) is 4.90 Å². The third kappa shape index (κ3) is 4.05. The Labute approximate surface area is 172 Å². The number of rotatable bonds is 5. The van der Waals surface area contributed by atoms with Crippen LogP contribution in [-0.4, -0.2) is 42.4 Å². The minimum absolute atomic E-state index is 0.121. The first kappa shape index (κ1) is 20.4. The summed E-state index contributed by atoms with van der Waals surface area (Å²) >= 11 is 7.20. The monoisotopic (exact) mass is 420 g/mol. The summed E-state index contributed by atoms with van der Waals surface area (Å²) in [7, 11) is 0. The molecule has 1 saturated heterocycles. The molecule has 0 saturated carbocycles. The van der Waals surface area contributed by atoms with Crippen LogP contribution in [0.25, 0.3) is 0 Å². The summed E-state index contributed by atoms with van der Waals surface area (Å²) in [6.07, 6.45) is 1.94. The summed E-state index contributed by atoms with van der Waals surface area (Å²) in [6.45, 7) is 5.01. The minimum atomic E-state index is -0.564. The second-order valence-corrected chi connectivity index (χ2v) is 7.84. The maximum absolute atomic E-state index is 12.9. The number of hydrogen-bond acceptors (Lipinski definition) is 5. The number of benzene rings is 1. The number of halogens is 1. The van der Waals surface area contributed by atoms with E-state index in [1.165, 1.54) is 0 Å². The first-order valence-corrected chi connectivity index (χ1v) is 10.3. The highest BCUT2D eigenvalue weighted by Gasteiger charge is 2.30. The smallest absolute Gasteiger partial charge is 0.341 e. The molecule has 0 bridgehead atoms. The van der Waals surface area contributed by atoms with Crippen LogP contribution in [0, 0.1) is 6.92 Å². The van der Waals surface area contributed by atoms with Gasteiger partial charge in [0.15, 0.2) is 0 Å². The largest absolute Gasteiger partial charge is 0.462 e. The predicted molar refractivity (Wildman–Crippen MR) is 110 cm³/mol. The van der Waals surface area contributed by atoms with E-state index in [4.69, 9.17) is 16.3 Å². The van der Waals surface area contributed by atoms with E-state index in [-0.39, 0.29) is 23.6 Å². The molecule has 2 aromatic rings. The predicted octanol–water partition coefficient (Wildman–Crippen LogP) is 4.37. The number of thiophene rings is 1. The van der Waals surface area contributed by atoms with Gasteiger partial charge in [0, 0.05) is 13.1 Å². The Morgan fingerprint density at radius 2 is 1.89 bits per heavy atom. The summed E-state index contributed by atoms with van der Waals surface area (Å²) in [5, 5.41) is 3.34. The molecule has 0 spiro atoms. The van der Waals surface area contributed by atoms with Gasteiger partial charge in [0.1, 0.15) is 5.00 Å². The Hall–Kier alpha value is -2.38. The Bertz CT molecular complexity index is 919. The molecule has 2 amide bonds. The lowest BCUT2D eigenvalue weighted by molar-refractivity contribution is 0.0527. The van der Waals surface area contributed by atoms with Crippen LogP contribution in [0.5, 0.6) is 0 Å². The Balaban J connectivity index is 1.97. The molecular formula is C20H21ClN2O4S. The third-order valence-corrected chi connectivity index (χ3v) is 6.08.